The number of hydrogen-bond donors (Lipinski definition) is 0. The van der Waals surface area contributed by atoms with Gasteiger partial charge in [-0.25, -0.2) is 0 Å². The van der Waals surface area contributed by atoms with Crippen molar-refractivity contribution in [3.8, 4) is 11.5 Å². The summed E-state index contributed by atoms with van der Waals surface area (Å²) in [6.07, 6.45) is 0. The summed E-state index contributed by atoms with van der Waals surface area (Å²) in [7, 11) is 5.20. The molecule has 0 N–H and O–H groups in total. The highest BCUT2D eigenvalue weighted by Crippen LogP contribution is 2.28. The van der Waals surface area contributed by atoms with E-state index in [9.17, 15) is 4.79 Å². The summed E-state index contributed by atoms with van der Waals surface area (Å²) in [6, 6.07) is 16.1. The number of likely N-dealkylation sites (N-methyl/N-ethyl adjacent to an activating group) is 1. The molecule has 0 radical (unpaired) electrons. The first-order valence-corrected chi connectivity index (χ1v) is 10.5. The van der Waals surface area contributed by atoms with Crippen molar-refractivity contribution >= 4 is 5.91 Å². The van der Waals surface area contributed by atoms with Gasteiger partial charge < -0.3 is 14.4 Å². The number of carbonyl (C=O) groups excluding carboxylic acids is 1. The van der Waals surface area contributed by atoms with Gasteiger partial charge in [0, 0.05) is 46.3 Å². The van der Waals surface area contributed by atoms with Crippen LogP contribution in [0.15, 0.2) is 48.5 Å². The molecule has 3 rings (SSSR count). The van der Waals surface area contributed by atoms with Crippen LogP contribution < -0.4 is 9.47 Å². The fourth-order valence-corrected chi connectivity index (χ4v) is 3.96. The molecule has 0 bridgehead atoms. The zero-order valence-corrected chi connectivity index (χ0v) is 18.5. The molecule has 1 heterocycles. The molecule has 2 aromatic carbocycles. The van der Waals surface area contributed by atoms with Crippen LogP contribution in [0.4, 0.5) is 0 Å². The highest BCUT2D eigenvalue weighted by Gasteiger charge is 2.27. The number of amides is 1. The van der Waals surface area contributed by atoms with Crippen molar-refractivity contribution in [2.24, 2.45) is 0 Å². The Kier molecular flexibility index (Phi) is 7.71. The number of methoxy groups -OCH3 is 2. The highest BCUT2D eigenvalue weighted by atomic mass is 16.5. The predicted octanol–water partition coefficient (Wildman–Crippen LogP) is 2.87. The first-order valence-electron chi connectivity index (χ1n) is 10.5. The van der Waals surface area contributed by atoms with Crippen molar-refractivity contribution in [2.75, 3.05) is 47.4 Å². The van der Waals surface area contributed by atoms with E-state index in [0.29, 0.717) is 6.54 Å². The fraction of sp³-hybridized carbons (Fsp3) is 0.458. The van der Waals surface area contributed by atoms with Crippen molar-refractivity contribution in [3.63, 3.8) is 0 Å². The molecule has 1 atom stereocenters. The predicted molar refractivity (Wildman–Crippen MR) is 119 cm³/mol. The molecule has 1 saturated heterocycles. The van der Waals surface area contributed by atoms with E-state index in [1.807, 2.05) is 49.2 Å². The van der Waals surface area contributed by atoms with Crippen LogP contribution in [0.25, 0.3) is 0 Å². The lowest BCUT2D eigenvalue weighted by Gasteiger charge is -2.38. The number of rotatable bonds is 8. The first-order chi connectivity index (χ1) is 14.5. The zero-order valence-electron chi connectivity index (χ0n) is 18.5. The number of nitrogens with zero attached hydrogens (tertiary/aromatic N) is 3. The second kappa shape index (κ2) is 10.5. The molecule has 0 spiro atoms. The fourth-order valence-electron chi connectivity index (χ4n) is 3.96. The topological polar surface area (TPSA) is 45.2 Å². The lowest BCUT2D eigenvalue weighted by molar-refractivity contribution is -0.136. The second-order valence-electron chi connectivity index (χ2n) is 7.86. The Hall–Kier alpha value is -2.57. The molecular weight excluding hydrogens is 378 g/mol. The minimum atomic E-state index is -0.109. The standard InChI is InChI=1S/C24H33N3O3/c1-19(24(28)25(2)17-20-8-6-5-7-9-20)27-14-12-26(13-15-27)18-21-10-11-22(29-3)23(16-21)30-4/h5-11,16,19H,12-15,17-18H2,1-4H3. The molecule has 162 valence electrons. The summed E-state index contributed by atoms with van der Waals surface area (Å²) in [4.78, 5) is 19.4. The van der Waals surface area contributed by atoms with Gasteiger partial charge in [-0.2, -0.15) is 0 Å². The van der Waals surface area contributed by atoms with Crippen LogP contribution in [0, 0.1) is 0 Å². The van der Waals surface area contributed by atoms with Crippen LogP contribution in [0.3, 0.4) is 0 Å². The Labute approximate surface area is 180 Å². The van der Waals surface area contributed by atoms with Crippen LogP contribution in [-0.2, 0) is 17.9 Å². The van der Waals surface area contributed by atoms with Gasteiger partial charge in [-0.1, -0.05) is 36.4 Å². The SMILES string of the molecule is COc1ccc(CN2CCN(C(C)C(=O)N(C)Cc3ccccc3)CC2)cc1OC. The molecule has 30 heavy (non-hydrogen) atoms. The van der Waals surface area contributed by atoms with Gasteiger partial charge in [0.25, 0.3) is 0 Å². The average Bonchev–Trinajstić information content (AvgIpc) is 2.79. The molecule has 2 aromatic rings. The van der Waals surface area contributed by atoms with Gasteiger partial charge in [-0.05, 0) is 30.2 Å². The zero-order chi connectivity index (χ0) is 21.5. The third-order valence-electron chi connectivity index (χ3n) is 5.80. The molecular formula is C24H33N3O3. The Balaban J connectivity index is 1.50. The Bertz CT molecular complexity index is 820. The third kappa shape index (κ3) is 5.52. The lowest BCUT2D eigenvalue weighted by atomic mass is 10.1. The molecule has 6 nitrogen and oxygen atoms in total. The molecule has 0 aromatic heterocycles. The van der Waals surface area contributed by atoms with Gasteiger partial charge in [-0.3, -0.25) is 14.6 Å². The summed E-state index contributed by atoms with van der Waals surface area (Å²) in [6.45, 7) is 7.18. The van der Waals surface area contributed by atoms with Gasteiger partial charge in [0.15, 0.2) is 11.5 Å². The number of benzene rings is 2. The molecule has 1 unspecified atom stereocenters. The lowest BCUT2D eigenvalue weighted by Crippen LogP contribution is -2.53. The maximum Gasteiger partial charge on any atom is 0.239 e. The van der Waals surface area contributed by atoms with E-state index in [4.69, 9.17) is 9.47 Å². The van der Waals surface area contributed by atoms with Gasteiger partial charge >= 0.3 is 0 Å². The smallest absolute Gasteiger partial charge is 0.239 e. The summed E-state index contributed by atoms with van der Waals surface area (Å²) in [5.41, 5.74) is 2.35. The van der Waals surface area contributed by atoms with Crippen molar-refractivity contribution in [2.45, 2.75) is 26.1 Å². The maximum atomic E-state index is 12.9. The van der Waals surface area contributed by atoms with E-state index < -0.39 is 0 Å². The summed E-state index contributed by atoms with van der Waals surface area (Å²) in [5, 5.41) is 0. The van der Waals surface area contributed by atoms with E-state index >= 15 is 0 Å². The largest absolute Gasteiger partial charge is 0.493 e. The van der Waals surface area contributed by atoms with Crippen LogP contribution in [0.2, 0.25) is 0 Å². The normalized spacial score (nSPS) is 16.1. The molecule has 1 fully saturated rings. The summed E-state index contributed by atoms with van der Waals surface area (Å²) in [5.74, 6) is 1.68. The van der Waals surface area contributed by atoms with Crippen molar-refractivity contribution in [1.29, 1.82) is 0 Å². The average molecular weight is 412 g/mol. The highest BCUT2D eigenvalue weighted by molar-refractivity contribution is 5.81. The summed E-state index contributed by atoms with van der Waals surface area (Å²) >= 11 is 0. The Morgan fingerprint density at radius 2 is 1.63 bits per heavy atom. The van der Waals surface area contributed by atoms with Crippen molar-refractivity contribution in [3.05, 3.63) is 59.7 Å². The van der Waals surface area contributed by atoms with E-state index in [2.05, 4.69) is 28.0 Å². The number of carbonyl (C=O) groups is 1. The van der Waals surface area contributed by atoms with Gasteiger partial charge in [0.05, 0.1) is 20.3 Å². The number of hydrogen-bond acceptors (Lipinski definition) is 5. The van der Waals surface area contributed by atoms with Crippen LogP contribution in [-0.4, -0.2) is 74.1 Å². The van der Waals surface area contributed by atoms with Crippen LogP contribution in [0.5, 0.6) is 11.5 Å². The van der Waals surface area contributed by atoms with E-state index in [1.165, 1.54) is 5.56 Å². The maximum absolute atomic E-state index is 12.9. The molecule has 6 heteroatoms. The minimum Gasteiger partial charge on any atom is -0.493 e. The number of piperazine rings is 1. The van der Waals surface area contributed by atoms with Crippen molar-refractivity contribution < 1.29 is 14.3 Å². The second-order valence-corrected chi connectivity index (χ2v) is 7.86. The molecule has 0 saturated carbocycles. The quantitative estimate of drug-likeness (QED) is 0.668. The van der Waals surface area contributed by atoms with E-state index in [1.54, 1.807) is 14.2 Å². The van der Waals surface area contributed by atoms with Gasteiger partial charge in [0.1, 0.15) is 0 Å². The number of ether oxygens (including phenoxy) is 2. The van der Waals surface area contributed by atoms with Gasteiger partial charge in [-0.15, -0.1) is 0 Å². The molecule has 1 aliphatic heterocycles. The van der Waals surface area contributed by atoms with E-state index in [0.717, 1.165) is 49.8 Å². The van der Waals surface area contributed by atoms with Crippen LogP contribution >= 0.6 is 0 Å². The molecule has 1 aliphatic rings. The van der Waals surface area contributed by atoms with Gasteiger partial charge in [0.2, 0.25) is 5.91 Å². The van der Waals surface area contributed by atoms with Crippen LogP contribution in [0.1, 0.15) is 18.1 Å². The first kappa shape index (κ1) is 22.1. The summed E-state index contributed by atoms with van der Waals surface area (Å²) < 4.78 is 10.7. The Morgan fingerprint density at radius 1 is 0.967 bits per heavy atom. The minimum absolute atomic E-state index is 0.109. The third-order valence-corrected chi connectivity index (χ3v) is 5.80. The monoisotopic (exact) mass is 411 g/mol. The Morgan fingerprint density at radius 3 is 2.27 bits per heavy atom. The van der Waals surface area contributed by atoms with Crippen molar-refractivity contribution in [1.82, 2.24) is 14.7 Å². The molecule has 1 amide bonds. The van der Waals surface area contributed by atoms with E-state index in [-0.39, 0.29) is 11.9 Å². The molecule has 0 aliphatic carbocycles.